The zero-order valence-corrected chi connectivity index (χ0v) is 12.8. The number of aromatic nitrogens is 2. The molecule has 3 heterocycles. The molecule has 2 aliphatic heterocycles. The molecule has 2 bridgehead atoms. The van der Waals surface area contributed by atoms with Crippen LogP contribution in [0.15, 0.2) is 28.7 Å². The van der Waals surface area contributed by atoms with Gasteiger partial charge in [-0.15, -0.1) is 5.10 Å². The molecule has 2 aliphatic rings. The number of carbonyl (C=O) groups excluding carboxylic acids is 1. The third-order valence-corrected chi connectivity index (χ3v) is 4.45. The quantitative estimate of drug-likeness (QED) is 0.894. The van der Waals surface area contributed by atoms with Gasteiger partial charge in [-0.25, -0.2) is 0 Å². The summed E-state index contributed by atoms with van der Waals surface area (Å²) in [5, 5.41) is 14.1. The Morgan fingerprint density at radius 2 is 2.13 bits per heavy atom. The monoisotopic (exact) mass is 314 g/mol. The number of benzene rings is 1. The van der Waals surface area contributed by atoms with Crippen LogP contribution in [0.5, 0.6) is 11.8 Å². The lowest BCUT2D eigenvalue weighted by molar-refractivity contribution is 0.0931. The minimum absolute atomic E-state index is 0.0514. The van der Waals surface area contributed by atoms with Gasteiger partial charge in [0, 0.05) is 30.6 Å². The van der Waals surface area contributed by atoms with Crippen LogP contribution in [0, 0.1) is 6.92 Å². The molecule has 0 radical (unpaired) electrons. The molecule has 1 amide bonds. The van der Waals surface area contributed by atoms with Crippen LogP contribution in [0.4, 0.5) is 0 Å². The number of rotatable bonds is 4. The number of amides is 1. The highest BCUT2D eigenvalue weighted by Crippen LogP contribution is 2.28. The normalized spacial score (nSPS) is 25.5. The number of hydrogen-bond donors (Lipinski definition) is 2. The second-order valence-corrected chi connectivity index (χ2v) is 6.08. The van der Waals surface area contributed by atoms with Crippen molar-refractivity contribution in [1.29, 1.82) is 0 Å². The highest BCUT2D eigenvalue weighted by atomic mass is 16.6. The van der Waals surface area contributed by atoms with E-state index >= 15 is 0 Å². The van der Waals surface area contributed by atoms with Crippen LogP contribution in [0.25, 0.3) is 0 Å². The van der Waals surface area contributed by atoms with E-state index in [1.807, 2.05) is 0 Å². The molecule has 2 saturated heterocycles. The van der Waals surface area contributed by atoms with Crippen molar-refractivity contribution in [2.45, 2.75) is 44.3 Å². The first kappa shape index (κ1) is 14.2. The summed E-state index contributed by atoms with van der Waals surface area (Å²) in [6, 6.07) is 8.12. The van der Waals surface area contributed by atoms with Crippen molar-refractivity contribution in [2.75, 3.05) is 0 Å². The van der Waals surface area contributed by atoms with Crippen LogP contribution in [0.3, 0.4) is 0 Å². The Morgan fingerprint density at radius 3 is 2.74 bits per heavy atom. The van der Waals surface area contributed by atoms with E-state index in [-0.39, 0.29) is 18.0 Å². The lowest BCUT2D eigenvalue weighted by atomic mass is 9.95. The second-order valence-electron chi connectivity index (χ2n) is 6.08. The highest BCUT2D eigenvalue weighted by molar-refractivity contribution is 5.94. The van der Waals surface area contributed by atoms with Gasteiger partial charge in [0.1, 0.15) is 5.75 Å². The van der Waals surface area contributed by atoms with Crippen molar-refractivity contribution >= 4 is 5.91 Å². The number of nitrogens with one attached hydrogen (secondary N) is 2. The Labute approximate surface area is 133 Å². The molecule has 2 aromatic rings. The van der Waals surface area contributed by atoms with E-state index in [2.05, 4.69) is 20.8 Å². The summed E-state index contributed by atoms with van der Waals surface area (Å²) in [6.07, 6.45) is 3.48. The topological polar surface area (TPSA) is 89.3 Å². The van der Waals surface area contributed by atoms with Crippen molar-refractivity contribution in [3.63, 3.8) is 0 Å². The fraction of sp³-hybridized carbons (Fsp3) is 0.438. The van der Waals surface area contributed by atoms with E-state index in [1.165, 1.54) is 6.42 Å². The Balaban J connectivity index is 1.38. The Hall–Kier alpha value is -2.41. The third-order valence-electron chi connectivity index (χ3n) is 4.45. The van der Waals surface area contributed by atoms with Crippen LogP contribution < -0.4 is 15.4 Å². The van der Waals surface area contributed by atoms with Gasteiger partial charge in [0.2, 0.25) is 5.89 Å². The molecule has 2 fully saturated rings. The Kier molecular flexibility index (Phi) is 3.49. The van der Waals surface area contributed by atoms with Gasteiger partial charge < -0.3 is 19.8 Å². The maximum atomic E-state index is 12.3. The van der Waals surface area contributed by atoms with E-state index in [4.69, 9.17) is 9.15 Å². The summed E-state index contributed by atoms with van der Waals surface area (Å²) in [6.45, 7) is 1.69. The molecule has 120 valence electrons. The minimum atomic E-state index is -0.0514. The molecular weight excluding hydrogens is 296 g/mol. The summed E-state index contributed by atoms with van der Waals surface area (Å²) in [7, 11) is 0. The largest absolute Gasteiger partial charge is 0.420 e. The fourth-order valence-electron chi connectivity index (χ4n) is 3.33. The molecule has 0 aliphatic carbocycles. The van der Waals surface area contributed by atoms with Crippen molar-refractivity contribution in [3.05, 3.63) is 35.7 Å². The average molecular weight is 314 g/mol. The van der Waals surface area contributed by atoms with Crippen LogP contribution in [0.2, 0.25) is 0 Å². The smallest absolute Gasteiger partial charge is 0.410 e. The molecule has 4 rings (SSSR count). The molecule has 7 nitrogen and oxygen atoms in total. The number of aryl methyl sites for hydroxylation is 1. The number of nitrogens with zero attached hydrogens (tertiary/aromatic N) is 2. The predicted octanol–water partition coefficient (Wildman–Crippen LogP) is 1.79. The highest BCUT2D eigenvalue weighted by Gasteiger charge is 2.39. The maximum Gasteiger partial charge on any atom is 0.420 e. The van der Waals surface area contributed by atoms with Gasteiger partial charge in [-0.3, -0.25) is 4.79 Å². The van der Waals surface area contributed by atoms with E-state index in [0.29, 0.717) is 29.3 Å². The lowest BCUT2D eigenvalue weighted by Crippen LogP contribution is -2.42. The zero-order valence-electron chi connectivity index (χ0n) is 12.8. The van der Waals surface area contributed by atoms with E-state index in [9.17, 15) is 4.79 Å². The molecule has 1 aromatic carbocycles. The Morgan fingerprint density at radius 1 is 1.30 bits per heavy atom. The van der Waals surface area contributed by atoms with Gasteiger partial charge in [0.15, 0.2) is 0 Å². The third kappa shape index (κ3) is 2.92. The van der Waals surface area contributed by atoms with Crippen molar-refractivity contribution in [1.82, 2.24) is 20.8 Å². The molecular formula is C16H18N4O3. The standard InChI is InChI=1S/C16H18N4O3/c1-9-19-20-16(22-9)23-12-5-2-10(3-6-12)15(21)18-14-8-11-4-7-13(14)17-11/h2-3,5-6,11,13-14,17H,4,7-8H2,1H3,(H,18,21). The van der Waals surface area contributed by atoms with E-state index < -0.39 is 0 Å². The minimum Gasteiger partial charge on any atom is -0.410 e. The summed E-state index contributed by atoms with van der Waals surface area (Å²) in [4.78, 5) is 12.3. The average Bonchev–Trinajstić information content (AvgIpc) is 3.25. The van der Waals surface area contributed by atoms with Gasteiger partial charge >= 0.3 is 6.08 Å². The molecule has 7 heteroatoms. The van der Waals surface area contributed by atoms with Gasteiger partial charge in [0.25, 0.3) is 5.91 Å². The summed E-state index contributed by atoms with van der Waals surface area (Å²) < 4.78 is 10.6. The Bertz CT molecular complexity index is 712. The van der Waals surface area contributed by atoms with E-state index in [1.54, 1.807) is 31.2 Å². The summed E-state index contributed by atoms with van der Waals surface area (Å²) >= 11 is 0. The lowest BCUT2D eigenvalue weighted by Gasteiger charge is -2.21. The van der Waals surface area contributed by atoms with E-state index in [0.717, 1.165) is 12.8 Å². The van der Waals surface area contributed by atoms with Crippen LogP contribution >= 0.6 is 0 Å². The van der Waals surface area contributed by atoms with Gasteiger partial charge in [-0.2, -0.15) is 0 Å². The van der Waals surface area contributed by atoms with Gasteiger partial charge in [-0.1, -0.05) is 5.10 Å². The van der Waals surface area contributed by atoms with Crippen LogP contribution in [-0.2, 0) is 0 Å². The first-order valence-corrected chi connectivity index (χ1v) is 7.82. The number of fused-ring (bicyclic) bond motifs is 2. The molecule has 23 heavy (non-hydrogen) atoms. The summed E-state index contributed by atoms with van der Waals surface area (Å²) in [5.74, 6) is 0.937. The second kappa shape index (κ2) is 5.66. The number of hydrogen-bond acceptors (Lipinski definition) is 6. The first-order valence-electron chi connectivity index (χ1n) is 7.82. The molecule has 3 atom stereocenters. The van der Waals surface area contributed by atoms with Gasteiger partial charge in [0.05, 0.1) is 0 Å². The molecule has 2 N–H and O–H groups in total. The van der Waals surface area contributed by atoms with Crippen molar-refractivity contribution in [3.8, 4) is 11.8 Å². The maximum absolute atomic E-state index is 12.3. The predicted molar refractivity (Wildman–Crippen MR) is 81.4 cm³/mol. The van der Waals surface area contributed by atoms with Crippen molar-refractivity contribution < 1.29 is 13.9 Å². The van der Waals surface area contributed by atoms with Crippen LogP contribution in [-0.4, -0.2) is 34.2 Å². The first-order chi connectivity index (χ1) is 11.2. The molecule has 0 spiro atoms. The molecule has 1 aromatic heterocycles. The number of carbonyl (C=O) groups is 1. The molecule has 3 unspecified atom stereocenters. The molecule has 0 saturated carbocycles. The number of ether oxygens (including phenoxy) is 1. The zero-order chi connectivity index (χ0) is 15.8. The van der Waals surface area contributed by atoms with Crippen molar-refractivity contribution in [2.24, 2.45) is 0 Å². The van der Waals surface area contributed by atoms with Gasteiger partial charge in [-0.05, 0) is 43.5 Å². The SMILES string of the molecule is Cc1nnc(Oc2ccc(C(=O)NC3CC4CCC3N4)cc2)o1. The fourth-order valence-corrected chi connectivity index (χ4v) is 3.33. The summed E-state index contributed by atoms with van der Waals surface area (Å²) in [5.41, 5.74) is 0.613. The van der Waals surface area contributed by atoms with Crippen LogP contribution in [0.1, 0.15) is 35.5 Å².